The molecule has 1 fully saturated rings. The zero-order valence-corrected chi connectivity index (χ0v) is 23.1. The second kappa shape index (κ2) is 12.1. The highest BCUT2D eigenvalue weighted by molar-refractivity contribution is 6.10. The van der Waals surface area contributed by atoms with Crippen LogP contribution in [-0.2, 0) is 10.2 Å². The zero-order chi connectivity index (χ0) is 24.4. The second-order valence-electron chi connectivity index (χ2n) is 9.49. The maximum atomic E-state index is 14.0. The maximum Gasteiger partial charge on any atom is 0.242 e. The van der Waals surface area contributed by atoms with Crippen LogP contribution in [-0.4, -0.2) is 55.9 Å². The fourth-order valence-electron chi connectivity index (χ4n) is 5.81. The van der Waals surface area contributed by atoms with E-state index in [2.05, 4.69) is 34.1 Å². The van der Waals surface area contributed by atoms with Crippen molar-refractivity contribution < 1.29 is 9.59 Å². The van der Waals surface area contributed by atoms with E-state index in [4.69, 9.17) is 0 Å². The first-order chi connectivity index (χ1) is 17.1. The minimum atomic E-state index is -0.660. The van der Waals surface area contributed by atoms with Crippen molar-refractivity contribution in [1.82, 2.24) is 4.90 Å². The molecular formula is C30H35Cl2N3O2. The normalized spacial score (nSPS) is 19.1. The number of hydrogen-bond acceptors (Lipinski definition) is 4. The lowest BCUT2D eigenvalue weighted by atomic mass is 9.72. The van der Waals surface area contributed by atoms with Gasteiger partial charge < -0.3 is 9.80 Å². The van der Waals surface area contributed by atoms with Gasteiger partial charge in [0.2, 0.25) is 5.91 Å². The van der Waals surface area contributed by atoms with Crippen LogP contribution in [0.1, 0.15) is 41.8 Å². The van der Waals surface area contributed by atoms with Gasteiger partial charge >= 0.3 is 0 Å². The second-order valence-corrected chi connectivity index (χ2v) is 9.49. The fraction of sp³-hybridized carbons (Fsp3) is 0.333. The number of piperazine rings is 1. The van der Waals surface area contributed by atoms with Crippen molar-refractivity contribution in [3.8, 4) is 0 Å². The van der Waals surface area contributed by atoms with Crippen molar-refractivity contribution in [2.45, 2.75) is 25.7 Å². The van der Waals surface area contributed by atoms with E-state index in [1.807, 2.05) is 66.4 Å². The summed E-state index contributed by atoms with van der Waals surface area (Å²) in [6, 6.07) is 26.4. The van der Waals surface area contributed by atoms with Crippen LogP contribution in [0.25, 0.3) is 0 Å². The number of amides is 1. The van der Waals surface area contributed by atoms with Gasteiger partial charge in [-0.15, -0.1) is 24.8 Å². The van der Waals surface area contributed by atoms with Crippen molar-refractivity contribution in [2.75, 3.05) is 49.1 Å². The molecular weight excluding hydrogens is 505 g/mol. The molecule has 2 aliphatic rings. The van der Waals surface area contributed by atoms with Crippen LogP contribution in [0.15, 0.2) is 78.9 Å². The number of ketones is 1. The molecule has 0 aromatic heterocycles. The molecule has 0 radical (unpaired) electrons. The first-order valence-corrected chi connectivity index (χ1v) is 12.6. The van der Waals surface area contributed by atoms with Gasteiger partial charge in [-0.2, -0.15) is 0 Å². The van der Waals surface area contributed by atoms with Gasteiger partial charge in [-0.25, -0.2) is 0 Å². The summed E-state index contributed by atoms with van der Waals surface area (Å²) in [4.78, 5) is 32.8. The zero-order valence-electron chi connectivity index (χ0n) is 21.4. The van der Waals surface area contributed by atoms with Gasteiger partial charge in [0.15, 0.2) is 5.78 Å². The van der Waals surface area contributed by atoms with E-state index in [0.29, 0.717) is 6.54 Å². The molecule has 1 amide bonds. The average molecular weight is 541 g/mol. The summed E-state index contributed by atoms with van der Waals surface area (Å²) in [6.07, 6.45) is 0.743. The molecule has 1 atom stereocenters. The Bertz CT molecular complexity index is 1230. The number of rotatable bonds is 7. The number of fused-ring (bicyclic) bond motifs is 1. The number of nitrogens with zero attached hydrogens (tertiary/aromatic N) is 3. The van der Waals surface area contributed by atoms with Crippen LogP contribution in [0, 0.1) is 0 Å². The summed E-state index contributed by atoms with van der Waals surface area (Å²) in [7, 11) is 0. The van der Waals surface area contributed by atoms with E-state index in [1.54, 1.807) is 6.92 Å². The number of hydrogen-bond donors (Lipinski definition) is 0. The molecule has 0 spiro atoms. The van der Waals surface area contributed by atoms with E-state index >= 15 is 0 Å². The molecule has 0 aliphatic carbocycles. The first kappa shape index (κ1) is 28.7. The molecule has 7 heteroatoms. The molecule has 3 aromatic carbocycles. The Labute approximate surface area is 232 Å². The van der Waals surface area contributed by atoms with Crippen molar-refractivity contribution >= 4 is 47.9 Å². The van der Waals surface area contributed by atoms with Crippen molar-refractivity contribution in [3.05, 3.63) is 95.6 Å². The van der Waals surface area contributed by atoms with Gasteiger partial charge in [0.1, 0.15) is 5.41 Å². The summed E-state index contributed by atoms with van der Waals surface area (Å²) < 4.78 is 0. The van der Waals surface area contributed by atoms with E-state index in [0.717, 1.165) is 67.2 Å². The van der Waals surface area contributed by atoms with Gasteiger partial charge in [-0.05, 0) is 56.1 Å². The van der Waals surface area contributed by atoms with Crippen molar-refractivity contribution in [2.24, 2.45) is 0 Å². The third-order valence-electron chi connectivity index (χ3n) is 7.65. The van der Waals surface area contributed by atoms with Crippen LogP contribution < -0.4 is 9.80 Å². The number of anilines is 2. The Balaban J connectivity index is 0.00000190. The van der Waals surface area contributed by atoms with Crippen LogP contribution in [0.3, 0.4) is 0 Å². The predicted molar refractivity (Wildman–Crippen MR) is 156 cm³/mol. The molecule has 2 aliphatic heterocycles. The van der Waals surface area contributed by atoms with Crippen LogP contribution >= 0.6 is 24.8 Å². The highest BCUT2D eigenvalue weighted by Gasteiger charge is 2.51. The Morgan fingerprint density at radius 3 is 2.05 bits per heavy atom. The van der Waals surface area contributed by atoms with E-state index in [9.17, 15) is 9.59 Å². The highest BCUT2D eigenvalue weighted by atomic mass is 35.5. The van der Waals surface area contributed by atoms with Crippen molar-refractivity contribution in [3.63, 3.8) is 0 Å². The van der Waals surface area contributed by atoms with E-state index < -0.39 is 5.41 Å². The summed E-state index contributed by atoms with van der Waals surface area (Å²) >= 11 is 0. The largest absolute Gasteiger partial charge is 0.368 e. The topological polar surface area (TPSA) is 43.9 Å². The van der Waals surface area contributed by atoms with Gasteiger partial charge in [-0.3, -0.25) is 14.5 Å². The SMILES string of the molecule is CCN1C(=O)C(CCN2CCN(c3ccccc3C(C)=O)CC2)(c2ccccc2)c2ccccc21.Cl.Cl. The monoisotopic (exact) mass is 539 g/mol. The molecule has 5 nitrogen and oxygen atoms in total. The lowest BCUT2D eigenvalue weighted by molar-refractivity contribution is -0.122. The summed E-state index contributed by atoms with van der Waals surface area (Å²) in [6.45, 7) is 8.74. The van der Waals surface area contributed by atoms with Crippen LogP contribution in [0.5, 0.6) is 0 Å². The van der Waals surface area contributed by atoms with Gasteiger partial charge in [0, 0.05) is 49.7 Å². The first-order valence-electron chi connectivity index (χ1n) is 12.6. The maximum absolute atomic E-state index is 14.0. The van der Waals surface area contributed by atoms with E-state index in [1.165, 1.54) is 0 Å². The number of likely N-dealkylation sites (N-methyl/N-ethyl adjacent to an activating group) is 1. The summed E-state index contributed by atoms with van der Waals surface area (Å²) in [5.41, 5.74) is 4.38. The molecule has 196 valence electrons. The molecule has 37 heavy (non-hydrogen) atoms. The Kier molecular flexibility index (Phi) is 9.41. The number of benzene rings is 3. The fourth-order valence-corrected chi connectivity index (χ4v) is 5.81. The Morgan fingerprint density at radius 2 is 1.41 bits per heavy atom. The minimum absolute atomic E-state index is 0. The van der Waals surface area contributed by atoms with Crippen molar-refractivity contribution in [1.29, 1.82) is 0 Å². The van der Waals surface area contributed by atoms with Crippen LogP contribution in [0.4, 0.5) is 11.4 Å². The summed E-state index contributed by atoms with van der Waals surface area (Å²) in [5.74, 6) is 0.285. The lowest BCUT2D eigenvalue weighted by Crippen LogP contribution is -2.49. The Hall–Kier alpha value is -2.86. The number of carbonyl (C=O) groups excluding carboxylic acids is 2. The van der Waals surface area contributed by atoms with Gasteiger partial charge in [-0.1, -0.05) is 60.7 Å². The predicted octanol–water partition coefficient (Wildman–Crippen LogP) is 5.60. The molecule has 3 aromatic rings. The Morgan fingerprint density at radius 1 is 0.811 bits per heavy atom. The molecule has 5 rings (SSSR count). The summed E-state index contributed by atoms with van der Waals surface area (Å²) in [5, 5.41) is 0. The molecule has 0 N–H and O–H groups in total. The lowest BCUT2D eigenvalue weighted by Gasteiger charge is -2.38. The quantitative estimate of drug-likeness (QED) is 0.366. The highest BCUT2D eigenvalue weighted by Crippen LogP contribution is 2.48. The molecule has 0 bridgehead atoms. The van der Waals surface area contributed by atoms with E-state index in [-0.39, 0.29) is 36.5 Å². The van der Waals surface area contributed by atoms with Crippen LogP contribution in [0.2, 0.25) is 0 Å². The molecule has 0 saturated carbocycles. The number of para-hydroxylation sites is 2. The number of Topliss-reactive ketones (excluding diaryl/α,β-unsaturated/α-hetero) is 1. The number of carbonyl (C=O) groups is 2. The third kappa shape index (κ3) is 5.13. The standard InChI is InChI=1S/C30H33N3O2.2ClH/c1-3-33-28-16-10-8-14-26(28)30(29(33)35,24-11-5-4-6-12-24)17-18-31-19-21-32(22-20-31)27-15-9-7-13-25(27)23(2)34;;/h4-16H,3,17-22H2,1-2H3;2*1H. The molecule has 2 heterocycles. The average Bonchev–Trinajstić information content (AvgIpc) is 3.16. The minimum Gasteiger partial charge on any atom is -0.368 e. The molecule has 1 saturated heterocycles. The van der Waals surface area contributed by atoms with Gasteiger partial charge in [0.25, 0.3) is 0 Å². The third-order valence-corrected chi connectivity index (χ3v) is 7.65. The number of halogens is 2. The smallest absolute Gasteiger partial charge is 0.242 e. The van der Waals surface area contributed by atoms with Gasteiger partial charge in [0.05, 0.1) is 0 Å². The molecule has 1 unspecified atom stereocenters.